The molecule has 0 amide bonds. The molecule has 2 rings (SSSR count). The number of rotatable bonds is 6. The van der Waals surface area contributed by atoms with Gasteiger partial charge >= 0.3 is 0 Å². The van der Waals surface area contributed by atoms with Gasteiger partial charge in [-0.25, -0.2) is 0 Å². The van der Waals surface area contributed by atoms with Crippen molar-refractivity contribution in [3.05, 3.63) is 33.8 Å². The molecular formula is C16H18BrN3O. The van der Waals surface area contributed by atoms with Gasteiger partial charge in [-0.15, -0.1) is 0 Å². The standard InChI is InChI=1S/C16H18BrN3O/c17-16-8-13(9-19)2-3-15(16)11-20(6-1-5-18)10-14-4-7-21-12-14/h2-3,8,14H,1,4,6-7,10-12H2. The Morgan fingerprint density at radius 2 is 2.24 bits per heavy atom. The molecule has 21 heavy (non-hydrogen) atoms. The summed E-state index contributed by atoms with van der Waals surface area (Å²) in [5.41, 5.74) is 1.80. The molecule has 1 heterocycles. The van der Waals surface area contributed by atoms with Crippen LogP contribution in [-0.2, 0) is 11.3 Å². The van der Waals surface area contributed by atoms with Crippen molar-refractivity contribution in [2.24, 2.45) is 5.92 Å². The summed E-state index contributed by atoms with van der Waals surface area (Å²) < 4.78 is 6.38. The number of hydrogen-bond donors (Lipinski definition) is 0. The fraction of sp³-hybridized carbons (Fsp3) is 0.500. The quantitative estimate of drug-likeness (QED) is 0.793. The molecule has 1 aromatic rings. The molecule has 0 spiro atoms. The third-order valence-electron chi connectivity index (χ3n) is 3.66. The largest absolute Gasteiger partial charge is 0.381 e. The zero-order valence-electron chi connectivity index (χ0n) is 11.9. The first-order valence-electron chi connectivity index (χ1n) is 7.08. The van der Waals surface area contributed by atoms with Crippen molar-refractivity contribution in [1.29, 1.82) is 10.5 Å². The highest BCUT2D eigenvalue weighted by Crippen LogP contribution is 2.22. The normalized spacial score (nSPS) is 17.6. The van der Waals surface area contributed by atoms with Crippen molar-refractivity contribution < 1.29 is 4.74 Å². The maximum Gasteiger partial charge on any atom is 0.0992 e. The minimum atomic E-state index is 0.529. The molecule has 1 fully saturated rings. The van der Waals surface area contributed by atoms with Gasteiger partial charge in [-0.1, -0.05) is 22.0 Å². The molecule has 1 aromatic carbocycles. The Morgan fingerprint density at radius 1 is 1.38 bits per heavy atom. The number of hydrogen-bond acceptors (Lipinski definition) is 4. The average molecular weight is 348 g/mol. The van der Waals surface area contributed by atoms with Crippen molar-refractivity contribution in [3.8, 4) is 12.1 Å². The van der Waals surface area contributed by atoms with E-state index in [2.05, 4.69) is 33.0 Å². The van der Waals surface area contributed by atoms with E-state index < -0.39 is 0 Å². The maximum absolute atomic E-state index is 8.91. The lowest BCUT2D eigenvalue weighted by molar-refractivity contribution is 0.165. The Kier molecular flexibility index (Phi) is 6.20. The van der Waals surface area contributed by atoms with Crippen LogP contribution < -0.4 is 0 Å². The van der Waals surface area contributed by atoms with E-state index in [1.807, 2.05) is 18.2 Å². The summed E-state index contributed by atoms with van der Waals surface area (Å²) in [6, 6.07) is 10.0. The topological polar surface area (TPSA) is 60.0 Å². The van der Waals surface area contributed by atoms with E-state index in [0.717, 1.165) is 49.3 Å². The number of benzene rings is 1. The number of ether oxygens (including phenoxy) is 1. The van der Waals surface area contributed by atoms with E-state index in [1.165, 1.54) is 0 Å². The van der Waals surface area contributed by atoms with Crippen LogP contribution in [0.25, 0.3) is 0 Å². The first kappa shape index (κ1) is 16.0. The van der Waals surface area contributed by atoms with Crippen molar-refractivity contribution in [1.82, 2.24) is 4.90 Å². The van der Waals surface area contributed by atoms with Crippen molar-refractivity contribution >= 4 is 15.9 Å². The van der Waals surface area contributed by atoms with E-state index in [-0.39, 0.29) is 0 Å². The van der Waals surface area contributed by atoms with Gasteiger partial charge in [0.25, 0.3) is 0 Å². The molecular weight excluding hydrogens is 330 g/mol. The minimum absolute atomic E-state index is 0.529. The van der Waals surface area contributed by atoms with E-state index in [1.54, 1.807) is 0 Å². The molecule has 4 nitrogen and oxygen atoms in total. The van der Waals surface area contributed by atoms with Gasteiger partial charge < -0.3 is 4.74 Å². The summed E-state index contributed by atoms with van der Waals surface area (Å²) in [6.07, 6.45) is 1.62. The van der Waals surface area contributed by atoms with Gasteiger partial charge in [0.2, 0.25) is 0 Å². The van der Waals surface area contributed by atoms with Crippen LogP contribution in [0.5, 0.6) is 0 Å². The molecule has 1 aliphatic rings. The molecule has 0 aromatic heterocycles. The summed E-state index contributed by atoms with van der Waals surface area (Å²) in [7, 11) is 0. The van der Waals surface area contributed by atoms with Gasteiger partial charge in [-0.3, -0.25) is 4.90 Å². The number of halogens is 1. The maximum atomic E-state index is 8.91. The summed E-state index contributed by atoms with van der Waals surface area (Å²) >= 11 is 3.53. The monoisotopic (exact) mass is 347 g/mol. The smallest absolute Gasteiger partial charge is 0.0992 e. The molecule has 0 saturated carbocycles. The molecule has 0 bridgehead atoms. The second-order valence-electron chi connectivity index (χ2n) is 5.29. The summed E-state index contributed by atoms with van der Waals surface area (Å²) in [6.45, 7) is 4.16. The van der Waals surface area contributed by atoms with Gasteiger partial charge in [0.1, 0.15) is 0 Å². The van der Waals surface area contributed by atoms with E-state index in [4.69, 9.17) is 15.3 Å². The molecule has 1 saturated heterocycles. The molecule has 5 heteroatoms. The van der Waals surface area contributed by atoms with E-state index >= 15 is 0 Å². The first-order valence-corrected chi connectivity index (χ1v) is 7.88. The van der Waals surface area contributed by atoms with Crippen molar-refractivity contribution in [2.45, 2.75) is 19.4 Å². The Bertz CT molecular complexity index is 556. The predicted octanol–water partition coefficient (Wildman–Crippen LogP) is 3.07. The van der Waals surface area contributed by atoms with Crippen LogP contribution >= 0.6 is 15.9 Å². The number of nitriles is 2. The van der Waals surface area contributed by atoms with E-state index in [9.17, 15) is 0 Å². The summed E-state index contributed by atoms with van der Waals surface area (Å²) in [5, 5.41) is 17.7. The van der Waals surface area contributed by atoms with Crippen LogP contribution in [0.2, 0.25) is 0 Å². The van der Waals surface area contributed by atoms with Crippen LogP contribution in [-0.4, -0.2) is 31.2 Å². The van der Waals surface area contributed by atoms with Crippen molar-refractivity contribution in [3.63, 3.8) is 0 Å². The lowest BCUT2D eigenvalue weighted by atomic mass is 10.1. The SMILES string of the molecule is N#CCCN(Cc1ccc(C#N)cc1Br)CC1CCOC1. The highest BCUT2D eigenvalue weighted by Gasteiger charge is 2.19. The zero-order chi connectivity index (χ0) is 15.1. The van der Waals surface area contributed by atoms with Crippen molar-refractivity contribution in [2.75, 3.05) is 26.3 Å². The lowest BCUT2D eigenvalue weighted by Gasteiger charge is -2.24. The van der Waals surface area contributed by atoms with Crippen LogP contribution in [0.4, 0.5) is 0 Å². The van der Waals surface area contributed by atoms with Crippen LogP contribution in [0.3, 0.4) is 0 Å². The third kappa shape index (κ3) is 4.82. The summed E-state index contributed by atoms with van der Waals surface area (Å²) in [4.78, 5) is 2.30. The van der Waals surface area contributed by atoms with Gasteiger partial charge in [-0.05, 0) is 30.0 Å². The Hall–Kier alpha value is -1.40. The van der Waals surface area contributed by atoms with Crippen LogP contribution in [0.1, 0.15) is 24.0 Å². The fourth-order valence-corrected chi connectivity index (χ4v) is 3.03. The molecule has 1 aliphatic heterocycles. The minimum Gasteiger partial charge on any atom is -0.381 e. The molecule has 0 aliphatic carbocycles. The summed E-state index contributed by atoms with van der Waals surface area (Å²) in [5.74, 6) is 0.556. The molecule has 110 valence electrons. The second kappa shape index (κ2) is 8.14. The van der Waals surface area contributed by atoms with Gasteiger partial charge in [0.15, 0.2) is 0 Å². The Balaban J connectivity index is 2.03. The van der Waals surface area contributed by atoms with Gasteiger partial charge in [0.05, 0.1) is 24.3 Å². The van der Waals surface area contributed by atoms with E-state index in [0.29, 0.717) is 17.9 Å². The molecule has 0 N–H and O–H groups in total. The lowest BCUT2D eigenvalue weighted by Crippen LogP contribution is -2.30. The zero-order valence-corrected chi connectivity index (χ0v) is 13.5. The fourth-order valence-electron chi connectivity index (χ4n) is 2.52. The predicted molar refractivity (Wildman–Crippen MR) is 83.3 cm³/mol. The first-order chi connectivity index (χ1) is 10.2. The highest BCUT2D eigenvalue weighted by molar-refractivity contribution is 9.10. The van der Waals surface area contributed by atoms with Crippen LogP contribution in [0.15, 0.2) is 22.7 Å². The molecule has 0 radical (unpaired) electrons. The number of nitrogens with zero attached hydrogens (tertiary/aromatic N) is 3. The molecule has 1 atom stereocenters. The highest BCUT2D eigenvalue weighted by atomic mass is 79.9. The Labute approximate surface area is 134 Å². The van der Waals surface area contributed by atoms with Gasteiger partial charge in [-0.2, -0.15) is 10.5 Å². The second-order valence-corrected chi connectivity index (χ2v) is 6.15. The van der Waals surface area contributed by atoms with Crippen LogP contribution in [0, 0.1) is 28.6 Å². The van der Waals surface area contributed by atoms with Gasteiger partial charge in [0, 0.05) is 37.1 Å². The average Bonchev–Trinajstić information content (AvgIpc) is 2.99. The Morgan fingerprint density at radius 3 is 2.86 bits per heavy atom. The third-order valence-corrected chi connectivity index (χ3v) is 4.39. The molecule has 1 unspecified atom stereocenters.